The summed E-state index contributed by atoms with van der Waals surface area (Å²) < 4.78 is 27.6. The molecule has 1 aromatic carbocycles. The number of thiophene rings is 1. The van der Waals surface area contributed by atoms with Crippen LogP contribution in [-0.4, -0.2) is 33.0 Å². The van der Waals surface area contributed by atoms with Crippen LogP contribution in [-0.2, 0) is 10.0 Å². The van der Waals surface area contributed by atoms with Crippen molar-refractivity contribution in [2.24, 2.45) is 0 Å². The molecule has 1 aliphatic heterocycles. The highest BCUT2D eigenvalue weighted by atomic mass is 32.2. The Hall–Kier alpha value is -1.21. The Morgan fingerprint density at radius 2 is 1.86 bits per heavy atom. The van der Waals surface area contributed by atoms with Gasteiger partial charge in [0.05, 0.1) is 4.90 Å². The summed E-state index contributed by atoms with van der Waals surface area (Å²) >= 11 is 1.65. The number of rotatable bonds is 6. The Morgan fingerprint density at radius 1 is 1.14 bits per heavy atom. The monoisotopic (exact) mass is 336 g/mol. The molecule has 1 atom stereocenters. The van der Waals surface area contributed by atoms with Crippen molar-refractivity contribution >= 4 is 21.4 Å². The molecule has 0 bridgehead atoms. The van der Waals surface area contributed by atoms with Crippen LogP contribution in [0.4, 0.5) is 0 Å². The number of benzene rings is 1. The quantitative estimate of drug-likeness (QED) is 0.882. The minimum Gasteiger partial charge on any atom is -0.295 e. The van der Waals surface area contributed by atoms with Crippen molar-refractivity contribution in [3.63, 3.8) is 0 Å². The Labute approximate surface area is 135 Å². The third-order valence-electron chi connectivity index (χ3n) is 4.03. The lowest BCUT2D eigenvalue weighted by Gasteiger charge is -2.27. The van der Waals surface area contributed by atoms with Crippen molar-refractivity contribution in [1.82, 2.24) is 9.62 Å². The summed E-state index contributed by atoms with van der Waals surface area (Å²) in [4.78, 5) is 2.69. The van der Waals surface area contributed by atoms with Crippen LogP contribution in [0.1, 0.15) is 24.4 Å². The van der Waals surface area contributed by atoms with E-state index in [1.165, 1.54) is 18.4 Å². The van der Waals surface area contributed by atoms with Crippen LogP contribution in [0.5, 0.6) is 0 Å². The molecule has 6 heteroatoms. The molecular weight excluding hydrogens is 316 g/mol. The van der Waals surface area contributed by atoms with E-state index < -0.39 is 10.0 Å². The van der Waals surface area contributed by atoms with E-state index in [9.17, 15) is 8.42 Å². The predicted octanol–water partition coefficient (Wildman–Crippen LogP) is 2.86. The van der Waals surface area contributed by atoms with Crippen molar-refractivity contribution in [3.05, 3.63) is 52.7 Å². The molecule has 0 spiro atoms. The number of hydrogen-bond donors (Lipinski definition) is 1. The average Bonchev–Trinajstić information content (AvgIpc) is 3.22. The second kappa shape index (κ2) is 6.91. The zero-order valence-corrected chi connectivity index (χ0v) is 13.9. The summed E-state index contributed by atoms with van der Waals surface area (Å²) in [5, 5.41) is 4.16. The number of hydrogen-bond acceptors (Lipinski definition) is 4. The van der Waals surface area contributed by atoms with E-state index in [0.717, 1.165) is 13.1 Å². The van der Waals surface area contributed by atoms with Gasteiger partial charge >= 0.3 is 0 Å². The summed E-state index contributed by atoms with van der Waals surface area (Å²) in [6, 6.07) is 10.8. The summed E-state index contributed by atoms with van der Waals surface area (Å²) in [7, 11) is -3.45. The molecule has 1 unspecified atom stereocenters. The third kappa shape index (κ3) is 3.57. The average molecular weight is 336 g/mol. The largest absolute Gasteiger partial charge is 0.295 e. The van der Waals surface area contributed by atoms with Gasteiger partial charge in [-0.05, 0) is 60.5 Å². The van der Waals surface area contributed by atoms with E-state index in [1.807, 2.05) is 11.4 Å². The van der Waals surface area contributed by atoms with Gasteiger partial charge in [-0.3, -0.25) is 4.90 Å². The Balaban J connectivity index is 1.74. The second-order valence-electron chi connectivity index (χ2n) is 5.48. The lowest BCUT2D eigenvalue weighted by molar-refractivity contribution is 0.247. The standard InChI is InChI=1S/C16H20N2O2S2/c19-22(20,15-6-2-1-3-7-15)17-12-16(14-8-11-21-13-14)18-9-4-5-10-18/h1-3,6-8,11,13,16-17H,4-5,9-10,12H2. The number of nitrogens with one attached hydrogen (secondary N) is 1. The first kappa shape index (κ1) is 15.7. The first-order valence-corrected chi connectivity index (χ1v) is 9.90. The van der Waals surface area contributed by atoms with E-state index >= 15 is 0 Å². The topological polar surface area (TPSA) is 49.4 Å². The molecule has 118 valence electrons. The molecule has 1 aliphatic rings. The zero-order valence-electron chi connectivity index (χ0n) is 12.3. The maximum Gasteiger partial charge on any atom is 0.240 e. The van der Waals surface area contributed by atoms with Gasteiger partial charge in [-0.1, -0.05) is 18.2 Å². The molecule has 22 heavy (non-hydrogen) atoms. The van der Waals surface area contributed by atoms with E-state index in [2.05, 4.69) is 21.1 Å². The van der Waals surface area contributed by atoms with Crippen LogP contribution in [0.25, 0.3) is 0 Å². The van der Waals surface area contributed by atoms with E-state index in [-0.39, 0.29) is 6.04 Å². The van der Waals surface area contributed by atoms with Gasteiger partial charge < -0.3 is 0 Å². The lowest BCUT2D eigenvalue weighted by Crippen LogP contribution is -2.36. The molecule has 4 nitrogen and oxygen atoms in total. The Bertz CT molecular complexity index is 678. The fourth-order valence-electron chi connectivity index (χ4n) is 2.85. The molecular formula is C16H20N2O2S2. The highest BCUT2D eigenvalue weighted by Crippen LogP contribution is 2.26. The molecule has 0 radical (unpaired) electrons. The molecule has 3 rings (SSSR count). The molecule has 1 saturated heterocycles. The van der Waals surface area contributed by atoms with Gasteiger partial charge in [0.25, 0.3) is 0 Å². The molecule has 0 amide bonds. The number of likely N-dealkylation sites (tertiary alicyclic amines) is 1. The van der Waals surface area contributed by atoms with Crippen LogP contribution in [0.15, 0.2) is 52.1 Å². The molecule has 2 aromatic rings. The van der Waals surface area contributed by atoms with Crippen molar-refractivity contribution < 1.29 is 8.42 Å². The summed E-state index contributed by atoms with van der Waals surface area (Å²) in [5.74, 6) is 0. The Kier molecular flexibility index (Phi) is 4.93. The SMILES string of the molecule is O=S(=O)(NCC(c1ccsc1)N1CCCC1)c1ccccc1. The summed E-state index contributed by atoms with van der Waals surface area (Å²) in [6.45, 7) is 2.48. The fourth-order valence-corrected chi connectivity index (χ4v) is 4.61. The highest BCUT2D eigenvalue weighted by molar-refractivity contribution is 7.89. The zero-order chi connectivity index (χ0) is 15.4. The normalized spacial score (nSPS) is 17.6. The van der Waals surface area contributed by atoms with Gasteiger partial charge in [0.2, 0.25) is 10.0 Å². The molecule has 1 fully saturated rings. The maximum atomic E-state index is 12.4. The first-order chi connectivity index (χ1) is 10.7. The predicted molar refractivity (Wildman–Crippen MR) is 89.5 cm³/mol. The van der Waals surface area contributed by atoms with Gasteiger partial charge in [0, 0.05) is 12.6 Å². The molecule has 1 N–H and O–H groups in total. The number of sulfonamides is 1. The number of nitrogens with zero attached hydrogens (tertiary/aromatic N) is 1. The maximum absolute atomic E-state index is 12.4. The summed E-state index contributed by atoms with van der Waals surface area (Å²) in [5.41, 5.74) is 1.20. The van der Waals surface area contributed by atoms with Gasteiger partial charge in [-0.15, -0.1) is 0 Å². The van der Waals surface area contributed by atoms with Crippen LogP contribution in [0.3, 0.4) is 0 Å². The highest BCUT2D eigenvalue weighted by Gasteiger charge is 2.25. The smallest absolute Gasteiger partial charge is 0.240 e. The summed E-state index contributed by atoms with van der Waals surface area (Å²) in [6.07, 6.45) is 2.37. The van der Waals surface area contributed by atoms with E-state index in [4.69, 9.17) is 0 Å². The first-order valence-electron chi connectivity index (χ1n) is 7.48. The molecule has 1 aromatic heterocycles. The molecule has 2 heterocycles. The minimum atomic E-state index is -3.45. The third-order valence-corrected chi connectivity index (χ3v) is 6.17. The van der Waals surface area contributed by atoms with Crippen molar-refractivity contribution in [2.75, 3.05) is 19.6 Å². The van der Waals surface area contributed by atoms with Crippen LogP contribution >= 0.6 is 11.3 Å². The van der Waals surface area contributed by atoms with Crippen LogP contribution in [0.2, 0.25) is 0 Å². The van der Waals surface area contributed by atoms with Gasteiger partial charge in [0.1, 0.15) is 0 Å². The molecule has 0 aliphatic carbocycles. The van der Waals surface area contributed by atoms with Gasteiger partial charge in [-0.2, -0.15) is 11.3 Å². The van der Waals surface area contributed by atoms with Gasteiger partial charge in [0.15, 0.2) is 0 Å². The fraction of sp³-hybridized carbons (Fsp3) is 0.375. The van der Waals surface area contributed by atoms with E-state index in [1.54, 1.807) is 35.6 Å². The minimum absolute atomic E-state index is 0.118. The van der Waals surface area contributed by atoms with Crippen LogP contribution in [0, 0.1) is 0 Å². The van der Waals surface area contributed by atoms with Crippen molar-refractivity contribution in [2.45, 2.75) is 23.8 Å². The molecule has 0 saturated carbocycles. The Morgan fingerprint density at radius 3 is 2.50 bits per heavy atom. The second-order valence-corrected chi connectivity index (χ2v) is 8.03. The van der Waals surface area contributed by atoms with Crippen molar-refractivity contribution in [3.8, 4) is 0 Å². The van der Waals surface area contributed by atoms with Gasteiger partial charge in [-0.25, -0.2) is 13.1 Å². The van der Waals surface area contributed by atoms with E-state index in [0.29, 0.717) is 11.4 Å². The lowest BCUT2D eigenvalue weighted by atomic mass is 10.1. The van der Waals surface area contributed by atoms with Crippen LogP contribution < -0.4 is 4.72 Å². The van der Waals surface area contributed by atoms with Crippen molar-refractivity contribution in [1.29, 1.82) is 0 Å².